The van der Waals surface area contributed by atoms with E-state index in [1.807, 2.05) is 66.7 Å². The van der Waals surface area contributed by atoms with Crippen molar-refractivity contribution in [3.05, 3.63) is 182 Å². The van der Waals surface area contributed by atoms with Gasteiger partial charge in [0.15, 0.2) is 0 Å². The average Bonchev–Trinajstić information content (AvgIpc) is 3.64. The van der Waals surface area contributed by atoms with Crippen molar-refractivity contribution in [3.8, 4) is 50.2 Å². The van der Waals surface area contributed by atoms with E-state index in [1.54, 1.807) is 18.2 Å². The van der Waals surface area contributed by atoms with Gasteiger partial charge in [0.05, 0.1) is 24.7 Å². The molecule has 2 heteroatoms. The van der Waals surface area contributed by atoms with Gasteiger partial charge in [-0.3, -0.25) is 4.57 Å². The highest BCUT2D eigenvalue weighted by molar-refractivity contribution is 6.22. The van der Waals surface area contributed by atoms with Crippen molar-refractivity contribution < 1.29 is 13.7 Å². The molecule has 49 heavy (non-hydrogen) atoms. The van der Waals surface area contributed by atoms with E-state index in [2.05, 4.69) is 41.8 Å². The summed E-state index contributed by atoms with van der Waals surface area (Å²) in [5, 5.41) is 3.36. The summed E-state index contributed by atoms with van der Waals surface area (Å²) in [5.74, 6) is 0.927. The third-order valence-electron chi connectivity index (χ3n) is 9.09. The maximum absolute atomic E-state index is 8.84. The lowest BCUT2D eigenvalue weighted by molar-refractivity contribution is 0.908. The Balaban J connectivity index is 1.38. The number of aromatic nitrogens is 2. The van der Waals surface area contributed by atoms with Gasteiger partial charge in [-0.15, -0.1) is 0 Å². The van der Waals surface area contributed by atoms with Crippen LogP contribution < -0.4 is 0 Å². The molecule has 0 saturated heterocycles. The molecule has 2 nitrogen and oxygen atoms in total. The molecule has 0 spiro atoms. The monoisotopic (exact) mass is 636 g/mol. The molecule has 0 aliphatic carbocycles. The average molecular weight is 637 g/mol. The van der Waals surface area contributed by atoms with Crippen LogP contribution in [0.25, 0.3) is 82.8 Å². The molecule has 0 N–H and O–H groups in total. The molecule has 1 heterocycles. The van der Waals surface area contributed by atoms with E-state index in [0.717, 1.165) is 67.2 Å². The summed E-state index contributed by atoms with van der Waals surface area (Å²) in [6.07, 6.45) is 0.724. The topological polar surface area (TPSA) is 17.8 Å². The van der Waals surface area contributed by atoms with Crippen molar-refractivity contribution in [1.29, 1.82) is 0 Å². The highest BCUT2D eigenvalue weighted by atomic mass is 15.1. The minimum absolute atomic E-state index is 0.0764. The third-order valence-corrected chi connectivity index (χ3v) is 9.09. The van der Waals surface area contributed by atoms with Crippen molar-refractivity contribution in [1.82, 2.24) is 9.55 Å². The lowest BCUT2D eigenvalue weighted by Gasteiger charge is -2.20. The normalized spacial score (nSPS) is 14.3. The van der Waals surface area contributed by atoms with Crippen molar-refractivity contribution in [2.45, 2.75) is 13.3 Å². The van der Waals surface area contributed by atoms with Crippen molar-refractivity contribution in [3.63, 3.8) is 0 Å². The van der Waals surface area contributed by atoms with E-state index in [0.29, 0.717) is 16.7 Å². The second-order valence-electron chi connectivity index (χ2n) is 11.9. The van der Waals surface area contributed by atoms with E-state index < -0.39 is 36.3 Å². The van der Waals surface area contributed by atoms with E-state index in [4.69, 9.17) is 18.7 Å². The molecule has 1 aromatic heterocycles. The Hall–Kier alpha value is -6.25. The van der Waals surface area contributed by atoms with Gasteiger partial charge >= 0.3 is 0 Å². The van der Waals surface area contributed by atoms with Crippen molar-refractivity contribution >= 4 is 32.6 Å². The predicted molar refractivity (Wildman–Crippen MR) is 207 cm³/mol. The third kappa shape index (κ3) is 5.01. The van der Waals surface area contributed by atoms with Gasteiger partial charge in [-0.2, -0.15) is 0 Å². The van der Waals surface area contributed by atoms with Crippen LogP contribution in [0.2, 0.25) is 0 Å². The summed E-state index contributed by atoms with van der Waals surface area (Å²) in [7, 11) is 0. The molecule has 0 bridgehead atoms. The number of hydrogen-bond acceptors (Lipinski definition) is 1. The van der Waals surface area contributed by atoms with Gasteiger partial charge in [-0.05, 0) is 102 Å². The first-order valence-electron chi connectivity index (χ1n) is 21.2. The number of imidazole rings is 1. The van der Waals surface area contributed by atoms with Crippen LogP contribution >= 0.6 is 0 Å². The first kappa shape index (κ1) is 20.2. The number of rotatable bonds is 6. The van der Waals surface area contributed by atoms with Crippen LogP contribution in [0, 0.1) is 0 Å². The van der Waals surface area contributed by atoms with E-state index in [-0.39, 0.29) is 35.3 Å². The fourth-order valence-corrected chi connectivity index (χ4v) is 6.98. The molecule has 0 fully saturated rings. The maximum Gasteiger partial charge on any atom is 0.114 e. The van der Waals surface area contributed by atoms with Gasteiger partial charge in [-0.1, -0.05) is 146 Å². The largest absolute Gasteiger partial charge is 0.296 e. The van der Waals surface area contributed by atoms with Gasteiger partial charge < -0.3 is 0 Å². The molecule has 9 rings (SSSR count). The molecule has 9 aromatic rings. The van der Waals surface area contributed by atoms with E-state index >= 15 is 0 Å². The van der Waals surface area contributed by atoms with Crippen molar-refractivity contribution in [2.75, 3.05) is 0 Å². The first-order valence-corrected chi connectivity index (χ1v) is 16.2. The summed E-state index contributed by atoms with van der Waals surface area (Å²) in [4.78, 5) is 4.92. The molecule has 0 saturated carbocycles. The smallest absolute Gasteiger partial charge is 0.114 e. The fourth-order valence-electron chi connectivity index (χ4n) is 6.98. The number of hydrogen-bond donors (Lipinski definition) is 0. The second-order valence-corrected chi connectivity index (χ2v) is 11.9. The maximum atomic E-state index is 8.84. The molecular formula is C47H34N2. The molecule has 0 radical (unpaired) electrons. The summed E-state index contributed by atoms with van der Waals surface area (Å²) < 4.78 is 87.3. The molecule has 0 amide bonds. The van der Waals surface area contributed by atoms with Crippen molar-refractivity contribution in [2.24, 2.45) is 0 Å². The summed E-state index contributed by atoms with van der Waals surface area (Å²) in [5.41, 5.74) is 7.20. The van der Waals surface area contributed by atoms with Gasteiger partial charge in [0.2, 0.25) is 0 Å². The molecule has 232 valence electrons. The van der Waals surface area contributed by atoms with Crippen LogP contribution in [0.15, 0.2) is 176 Å². The SMILES string of the molecule is [2H]c1c([2H])c([2H])c(-c2cccc(-c3c4ccccc4c(-c4cccc(-n5c(CC)nc6ccccc65)c4)c4ccc(-c5c([2H])c([2H])c([2H])c([2H])c5[2H])cc34)c2)c([2H])c1[2H]. The quantitative estimate of drug-likeness (QED) is 0.166. The Bertz CT molecular complexity index is 3170. The number of nitrogens with zero attached hydrogens (tertiary/aromatic N) is 2. The molecule has 0 aliphatic heterocycles. The van der Waals surface area contributed by atoms with Gasteiger partial charge in [0.25, 0.3) is 0 Å². The Kier molecular flexibility index (Phi) is 4.98. The van der Waals surface area contributed by atoms with E-state index in [1.165, 1.54) is 0 Å². The molecule has 8 aromatic carbocycles. The zero-order valence-electron chi connectivity index (χ0n) is 36.6. The summed E-state index contributed by atoms with van der Waals surface area (Å²) in [6, 6.07) is 33.3. The number of fused-ring (bicyclic) bond motifs is 3. The molecule has 0 atom stereocenters. The first-order chi connectivity index (χ1) is 28.4. The minimum Gasteiger partial charge on any atom is -0.296 e. The highest BCUT2D eigenvalue weighted by Gasteiger charge is 2.19. The number of para-hydroxylation sites is 2. The van der Waals surface area contributed by atoms with Crippen LogP contribution in [0.3, 0.4) is 0 Å². The summed E-state index contributed by atoms with van der Waals surface area (Å²) >= 11 is 0. The van der Waals surface area contributed by atoms with Crippen LogP contribution in [0.4, 0.5) is 0 Å². The van der Waals surface area contributed by atoms with Crippen LogP contribution in [-0.2, 0) is 6.42 Å². The lowest BCUT2D eigenvalue weighted by atomic mass is 9.84. The molecule has 0 unspecified atom stereocenters. The standard InChI is InChI=1S/C47H34N2/c1-2-45-48-43-25-11-12-26-44(43)49(45)38-22-14-21-37(30-38)46-39-23-9-10-24-40(39)47(36-20-13-19-34(29-36)32-15-5-3-6-16-32)42-31-35(27-28-41(42)46)33-17-7-4-8-18-33/h3-31H,2H2,1H3/i3D,4D,5D,6D,7D,8D,15D,16D,17D,18D. The molecular weight excluding hydrogens is 593 g/mol. The van der Waals surface area contributed by atoms with Crippen LogP contribution in [-0.4, -0.2) is 9.55 Å². The second kappa shape index (κ2) is 12.1. The van der Waals surface area contributed by atoms with Gasteiger partial charge in [-0.25, -0.2) is 4.98 Å². The van der Waals surface area contributed by atoms with Gasteiger partial charge in [0.1, 0.15) is 5.82 Å². The lowest BCUT2D eigenvalue weighted by Crippen LogP contribution is -2.00. The fraction of sp³-hybridized carbons (Fsp3) is 0.0426. The minimum atomic E-state index is -0.472. The zero-order valence-corrected chi connectivity index (χ0v) is 26.6. The number of benzene rings is 8. The Morgan fingerprint density at radius 2 is 1.06 bits per heavy atom. The van der Waals surface area contributed by atoms with Crippen LogP contribution in [0.1, 0.15) is 26.5 Å². The number of aryl methyl sites for hydroxylation is 1. The Labute approximate surface area is 300 Å². The Morgan fingerprint density at radius 3 is 1.78 bits per heavy atom. The van der Waals surface area contributed by atoms with Gasteiger partial charge in [0, 0.05) is 12.1 Å². The predicted octanol–water partition coefficient (Wildman–Crippen LogP) is 12.6. The van der Waals surface area contributed by atoms with Crippen LogP contribution in [0.5, 0.6) is 0 Å². The zero-order chi connectivity index (χ0) is 41.4. The Morgan fingerprint density at radius 1 is 0.490 bits per heavy atom. The highest BCUT2D eigenvalue weighted by Crippen LogP contribution is 2.45. The van der Waals surface area contributed by atoms with E-state index in [9.17, 15) is 0 Å². The molecule has 0 aliphatic rings. The summed E-state index contributed by atoms with van der Waals surface area (Å²) in [6.45, 7) is 2.08.